The second-order valence-electron chi connectivity index (χ2n) is 3.32. The molecule has 0 radical (unpaired) electrons. The molecule has 2 N–H and O–H groups in total. The van der Waals surface area contributed by atoms with Gasteiger partial charge in [0.15, 0.2) is 0 Å². The summed E-state index contributed by atoms with van der Waals surface area (Å²) in [6.45, 7) is 1.40. The molecule has 0 spiro atoms. The Bertz CT molecular complexity index is 363. The molecule has 15 heavy (non-hydrogen) atoms. The van der Waals surface area contributed by atoms with E-state index in [0.29, 0.717) is 5.01 Å². The van der Waals surface area contributed by atoms with Crippen LogP contribution in [0.2, 0.25) is 0 Å². The van der Waals surface area contributed by atoms with Crippen LogP contribution in [0.4, 0.5) is 0 Å². The molecule has 0 aliphatic carbocycles. The highest BCUT2D eigenvalue weighted by Crippen LogP contribution is 2.24. The molecular weight excluding hydrogens is 216 g/mol. The van der Waals surface area contributed by atoms with Gasteiger partial charge in [0.1, 0.15) is 5.41 Å². The van der Waals surface area contributed by atoms with Crippen molar-refractivity contribution in [3.8, 4) is 0 Å². The van der Waals surface area contributed by atoms with Gasteiger partial charge in [-0.15, -0.1) is 11.3 Å². The molecule has 1 atom stereocenters. The fraction of sp³-hybridized carbons (Fsp3) is 0.444. The van der Waals surface area contributed by atoms with E-state index in [1.54, 1.807) is 11.6 Å². The third-order valence-corrected chi connectivity index (χ3v) is 2.97. The Morgan fingerprint density at radius 1 is 1.67 bits per heavy atom. The lowest BCUT2D eigenvalue weighted by molar-refractivity contribution is -0.154. The second kappa shape index (κ2) is 4.39. The van der Waals surface area contributed by atoms with Gasteiger partial charge in [-0.05, 0) is 6.92 Å². The molecule has 0 aromatic carbocycles. The fourth-order valence-electron chi connectivity index (χ4n) is 1.17. The van der Waals surface area contributed by atoms with Crippen LogP contribution in [-0.4, -0.2) is 29.0 Å². The average Bonchev–Trinajstić information content (AvgIpc) is 2.68. The number of amides is 1. The minimum atomic E-state index is -1.45. The molecule has 5 nitrogen and oxygen atoms in total. The molecule has 0 fully saturated rings. The highest BCUT2D eigenvalue weighted by molar-refractivity contribution is 7.09. The van der Waals surface area contributed by atoms with Crippen molar-refractivity contribution in [1.82, 2.24) is 10.3 Å². The van der Waals surface area contributed by atoms with Crippen molar-refractivity contribution in [2.24, 2.45) is 5.41 Å². The Kier molecular flexibility index (Phi) is 3.41. The molecule has 0 saturated carbocycles. The quantitative estimate of drug-likeness (QED) is 0.736. The maximum absolute atomic E-state index is 11.5. The van der Waals surface area contributed by atoms with Crippen molar-refractivity contribution in [3.05, 3.63) is 16.6 Å². The summed E-state index contributed by atoms with van der Waals surface area (Å²) in [4.78, 5) is 26.5. The largest absolute Gasteiger partial charge is 0.480 e. The number of carboxylic acids is 1. The molecule has 1 amide bonds. The fourth-order valence-corrected chi connectivity index (χ4v) is 1.94. The summed E-state index contributed by atoms with van der Waals surface area (Å²) in [5.74, 6) is -1.65. The number of hydrogen-bond acceptors (Lipinski definition) is 4. The van der Waals surface area contributed by atoms with Gasteiger partial charge in [-0.3, -0.25) is 9.59 Å². The molecule has 1 aromatic heterocycles. The zero-order valence-electron chi connectivity index (χ0n) is 8.48. The average molecular weight is 228 g/mol. The molecule has 1 heterocycles. The highest BCUT2D eigenvalue weighted by Gasteiger charge is 2.41. The minimum Gasteiger partial charge on any atom is -0.480 e. The van der Waals surface area contributed by atoms with Crippen LogP contribution in [-0.2, 0) is 16.0 Å². The number of carbonyl (C=O) groups excluding carboxylic acids is 1. The van der Waals surface area contributed by atoms with Crippen LogP contribution >= 0.6 is 11.3 Å². The van der Waals surface area contributed by atoms with Crippen molar-refractivity contribution in [2.45, 2.75) is 13.3 Å². The number of nitrogens with one attached hydrogen (secondary N) is 1. The van der Waals surface area contributed by atoms with Gasteiger partial charge in [-0.1, -0.05) is 0 Å². The van der Waals surface area contributed by atoms with Crippen molar-refractivity contribution in [2.75, 3.05) is 7.05 Å². The predicted octanol–water partition coefficient (Wildman–Crippen LogP) is 0.522. The van der Waals surface area contributed by atoms with Gasteiger partial charge in [0, 0.05) is 25.0 Å². The van der Waals surface area contributed by atoms with Gasteiger partial charge < -0.3 is 10.4 Å². The Balaban J connectivity index is 2.92. The van der Waals surface area contributed by atoms with E-state index in [9.17, 15) is 9.59 Å². The molecule has 6 heteroatoms. The third kappa shape index (κ3) is 2.33. The molecule has 0 bridgehead atoms. The third-order valence-electron chi connectivity index (χ3n) is 2.19. The Morgan fingerprint density at radius 3 is 2.73 bits per heavy atom. The minimum absolute atomic E-state index is 0.111. The van der Waals surface area contributed by atoms with Gasteiger partial charge in [0.2, 0.25) is 5.91 Å². The number of hydrogen-bond donors (Lipinski definition) is 2. The van der Waals surface area contributed by atoms with Crippen LogP contribution < -0.4 is 5.32 Å². The van der Waals surface area contributed by atoms with E-state index in [1.807, 2.05) is 0 Å². The Labute approximate surface area is 91.1 Å². The maximum Gasteiger partial charge on any atom is 0.319 e. The Morgan fingerprint density at radius 2 is 2.33 bits per heavy atom. The first-order valence-corrected chi connectivity index (χ1v) is 5.22. The van der Waals surface area contributed by atoms with E-state index in [2.05, 4.69) is 10.3 Å². The van der Waals surface area contributed by atoms with Crippen molar-refractivity contribution < 1.29 is 14.7 Å². The van der Waals surface area contributed by atoms with Crippen LogP contribution in [0.3, 0.4) is 0 Å². The summed E-state index contributed by atoms with van der Waals surface area (Å²) in [6, 6.07) is 0. The van der Waals surface area contributed by atoms with E-state index in [-0.39, 0.29) is 6.42 Å². The van der Waals surface area contributed by atoms with Gasteiger partial charge in [0.25, 0.3) is 0 Å². The Hall–Kier alpha value is -1.43. The van der Waals surface area contributed by atoms with Crippen LogP contribution in [0.25, 0.3) is 0 Å². The van der Waals surface area contributed by atoms with Gasteiger partial charge >= 0.3 is 5.97 Å². The van der Waals surface area contributed by atoms with Crippen LogP contribution in [0.5, 0.6) is 0 Å². The molecule has 82 valence electrons. The number of aromatic nitrogens is 1. The molecule has 0 aliphatic heterocycles. The van der Waals surface area contributed by atoms with Gasteiger partial charge in [-0.2, -0.15) is 0 Å². The summed E-state index contributed by atoms with van der Waals surface area (Å²) in [5, 5.41) is 13.8. The smallest absolute Gasteiger partial charge is 0.319 e. The van der Waals surface area contributed by atoms with E-state index in [0.717, 1.165) is 0 Å². The monoisotopic (exact) mass is 228 g/mol. The van der Waals surface area contributed by atoms with Crippen molar-refractivity contribution in [3.63, 3.8) is 0 Å². The maximum atomic E-state index is 11.5. The summed E-state index contributed by atoms with van der Waals surface area (Å²) < 4.78 is 0. The van der Waals surface area contributed by atoms with Crippen LogP contribution in [0.15, 0.2) is 11.6 Å². The first kappa shape index (κ1) is 11.6. The molecule has 1 rings (SSSR count). The first-order chi connectivity index (χ1) is 7.00. The number of carboxylic acid groups (broad SMARTS) is 1. The molecular formula is C9H12N2O3S. The standard InChI is InChI=1S/C9H12N2O3S/c1-9(8(13)14,7(12)10-2)5-6-11-3-4-15-6/h3-4H,5H2,1-2H3,(H,10,12)(H,13,14). The number of aliphatic carboxylic acids is 1. The van der Waals surface area contributed by atoms with E-state index in [4.69, 9.17) is 5.11 Å². The molecule has 0 saturated heterocycles. The SMILES string of the molecule is CNC(=O)C(C)(Cc1nccs1)C(=O)O. The number of rotatable bonds is 4. The number of thiazole rings is 1. The lowest BCUT2D eigenvalue weighted by Crippen LogP contribution is -2.44. The van der Waals surface area contributed by atoms with Crippen molar-refractivity contribution >= 4 is 23.2 Å². The lowest BCUT2D eigenvalue weighted by atomic mass is 9.86. The van der Waals surface area contributed by atoms with Gasteiger partial charge in [-0.25, -0.2) is 4.98 Å². The summed E-state index contributed by atoms with van der Waals surface area (Å²) in [6.07, 6.45) is 1.70. The summed E-state index contributed by atoms with van der Waals surface area (Å²) >= 11 is 1.34. The van der Waals surface area contributed by atoms with E-state index < -0.39 is 17.3 Å². The summed E-state index contributed by atoms with van der Waals surface area (Å²) in [5.41, 5.74) is -1.45. The molecule has 1 unspecified atom stereocenters. The predicted molar refractivity (Wildman–Crippen MR) is 55.6 cm³/mol. The zero-order chi connectivity index (χ0) is 11.5. The topological polar surface area (TPSA) is 79.3 Å². The molecule has 1 aromatic rings. The second-order valence-corrected chi connectivity index (χ2v) is 4.30. The summed E-state index contributed by atoms with van der Waals surface area (Å²) in [7, 11) is 1.42. The van der Waals surface area contributed by atoms with Crippen molar-refractivity contribution in [1.29, 1.82) is 0 Å². The number of nitrogens with zero attached hydrogens (tertiary/aromatic N) is 1. The highest BCUT2D eigenvalue weighted by atomic mass is 32.1. The van der Waals surface area contributed by atoms with Gasteiger partial charge in [0.05, 0.1) is 5.01 Å². The van der Waals surface area contributed by atoms with Crippen LogP contribution in [0, 0.1) is 5.41 Å². The van der Waals surface area contributed by atoms with E-state index >= 15 is 0 Å². The van der Waals surface area contributed by atoms with Crippen LogP contribution in [0.1, 0.15) is 11.9 Å². The van der Waals surface area contributed by atoms with E-state index in [1.165, 1.54) is 25.3 Å². The normalized spacial score (nSPS) is 14.3. The zero-order valence-corrected chi connectivity index (χ0v) is 9.30. The first-order valence-electron chi connectivity index (χ1n) is 4.34. The lowest BCUT2D eigenvalue weighted by Gasteiger charge is -2.21. The molecule has 0 aliphatic rings. The number of carbonyl (C=O) groups is 2.